The molecule has 0 amide bonds. The van der Waals surface area contributed by atoms with Crippen LogP contribution in [0.25, 0.3) is 0 Å². The van der Waals surface area contributed by atoms with E-state index in [4.69, 9.17) is 4.74 Å². The van der Waals surface area contributed by atoms with Crippen LogP contribution in [0.4, 0.5) is 0 Å². The molecule has 0 saturated carbocycles. The average Bonchev–Trinajstić information content (AvgIpc) is 2.66. The van der Waals surface area contributed by atoms with Crippen molar-refractivity contribution in [3.05, 3.63) is 47.6 Å². The van der Waals surface area contributed by atoms with E-state index in [1.807, 2.05) is 18.2 Å². The highest BCUT2D eigenvalue weighted by Crippen LogP contribution is 2.42. The van der Waals surface area contributed by atoms with Gasteiger partial charge in [-0.3, -0.25) is 0 Å². The number of aromatic hydroxyl groups is 2. The largest absolute Gasteiger partial charge is 0.507 e. The van der Waals surface area contributed by atoms with Crippen LogP contribution in [-0.2, 0) is 11.2 Å². The fourth-order valence-electron chi connectivity index (χ4n) is 3.22. The normalized spacial score (nSPS) is 28.4. The Morgan fingerprint density at radius 2 is 1.54 bits per heavy atom. The molecule has 1 saturated heterocycles. The summed E-state index contributed by atoms with van der Waals surface area (Å²) in [6.45, 7) is 1.53. The van der Waals surface area contributed by atoms with Crippen molar-refractivity contribution in [1.82, 2.24) is 0 Å². The van der Waals surface area contributed by atoms with Gasteiger partial charge in [-0.25, -0.2) is 0 Å². The van der Waals surface area contributed by atoms with Crippen LogP contribution in [0.15, 0.2) is 36.4 Å². The van der Waals surface area contributed by atoms with E-state index in [2.05, 4.69) is 13.0 Å². The van der Waals surface area contributed by atoms with Gasteiger partial charge in [0, 0.05) is 0 Å². The van der Waals surface area contributed by atoms with Gasteiger partial charge in [-0.05, 0) is 37.0 Å². The lowest BCUT2D eigenvalue weighted by atomic mass is 9.89. The van der Waals surface area contributed by atoms with Gasteiger partial charge in [0.2, 0.25) is 0 Å². The minimum Gasteiger partial charge on any atom is -0.507 e. The second kappa shape index (κ2) is 10.6. The Balaban J connectivity index is 2.11. The Kier molecular flexibility index (Phi) is 8.47. The molecule has 0 bridgehead atoms. The number of aliphatic hydroxyl groups is 4. The third-order valence-electron chi connectivity index (χ3n) is 4.81. The summed E-state index contributed by atoms with van der Waals surface area (Å²) in [5.74, 6) is -0.572. The molecule has 0 spiro atoms. The number of hydrogen-bond donors (Lipinski definition) is 6. The predicted molar refractivity (Wildman–Crippen MR) is 104 cm³/mol. The smallest absolute Gasteiger partial charge is 0.125 e. The summed E-state index contributed by atoms with van der Waals surface area (Å²) < 4.78 is 5.41. The van der Waals surface area contributed by atoms with E-state index < -0.39 is 37.1 Å². The molecule has 156 valence electrons. The molecule has 2 rings (SSSR count). The zero-order chi connectivity index (χ0) is 20.7. The van der Waals surface area contributed by atoms with E-state index in [1.165, 1.54) is 12.1 Å². The van der Waals surface area contributed by atoms with Gasteiger partial charge in [-0.2, -0.15) is 0 Å². The summed E-state index contributed by atoms with van der Waals surface area (Å²) in [5.41, 5.74) is 0.615. The third-order valence-corrected chi connectivity index (χ3v) is 4.81. The Labute approximate surface area is 164 Å². The van der Waals surface area contributed by atoms with E-state index in [1.54, 1.807) is 0 Å². The van der Waals surface area contributed by atoms with Gasteiger partial charge >= 0.3 is 0 Å². The average molecular weight is 394 g/mol. The lowest BCUT2D eigenvalue weighted by molar-refractivity contribution is -0.232. The van der Waals surface area contributed by atoms with Crippen molar-refractivity contribution >= 4 is 0 Å². The van der Waals surface area contributed by atoms with E-state index >= 15 is 0 Å². The first-order chi connectivity index (χ1) is 13.4. The summed E-state index contributed by atoms with van der Waals surface area (Å²) in [6, 6.07) is 2.94. The van der Waals surface area contributed by atoms with Gasteiger partial charge in [-0.1, -0.05) is 37.6 Å². The molecule has 7 nitrogen and oxygen atoms in total. The highest BCUT2D eigenvalue weighted by molar-refractivity contribution is 5.49. The summed E-state index contributed by atoms with van der Waals surface area (Å²) in [6.07, 6.45) is 4.41. The molecule has 28 heavy (non-hydrogen) atoms. The molecule has 7 heteroatoms. The van der Waals surface area contributed by atoms with Crippen molar-refractivity contribution in [3.8, 4) is 11.5 Å². The first-order valence-corrected chi connectivity index (χ1v) is 9.57. The molecular formula is C21H30O7. The Morgan fingerprint density at radius 1 is 0.929 bits per heavy atom. The number of hydrogen-bond acceptors (Lipinski definition) is 7. The van der Waals surface area contributed by atoms with Crippen LogP contribution in [0.3, 0.4) is 0 Å². The number of ether oxygens (including phenoxy) is 1. The van der Waals surface area contributed by atoms with Gasteiger partial charge in [-0.15, -0.1) is 0 Å². The van der Waals surface area contributed by atoms with Crippen molar-refractivity contribution in [1.29, 1.82) is 0 Å². The zero-order valence-electron chi connectivity index (χ0n) is 16.0. The molecule has 1 heterocycles. The highest BCUT2D eigenvalue weighted by Gasteiger charge is 2.45. The second-order valence-electron chi connectivity index (χ2n) is 6.98. The standard InChI is InChI=1S/C21H30O7/c1-2-3-4-5-6-7-8-9-13-10-14(23)17(15(24)11-13)21-20(27)19(26)18(25)16(12-22)28-21/h4-7,10-11,16,18-27H,2-3,8-9,12H2,1H3/b5-4+,7-6+/t16-,18-,19+,20-,21+/m1/s1. The summed E-state index contributed by atoms with van der Waals surface area (Å²) in [7, 11) is 0. The molecule has 1 fully saturated rings. The summed E-state index contributed by atoms with van der Waals surface area (Å²) in [5, 5.41) is 60.0. The molecule has 0 aliphatic carbocycles. The molecule has 1 aliphatic heterocycles. The molecule has 5 atom stereocenters. The van der Waals surface area contributed by atoms with Gasteiger partial charge < -0.3 is 35.4 Å². The van der Waals surface area contributed by atoms with E-state index in [-0.39, 0.29) is 17.1 Å². The highest BCUT2D eigenvalue weighted by atomic mass is 16.5. The summed E-state index contributed by atoms with van der Waals surface area (Å²) >= 11 is 0. The molecule has 1 aliphatic rings. The number of aryl methyl sites for hydroxylation is 1. The van der Waals surface area contributed by atoms with Gasteiger partial charge in [0.25, 0.3) is 0 Å². The Morgan fingerprint density at radius 3 is 2.11 bits per heavy atom. The SMILES string of the molecule is CCC/C=C/C=C/CCc1cc(O)c([C@@H]2O[C@H](CO)[C@@H](O)[C@H](O)[C@H]2O)c(O)c1. The molecule has 0 unspecified atom stereocenters. The molecule has 6 N–H and O–H groups in total. The first kappa shape index (κ1) is 22.4. The van der Waals surface area contributed by atoms with Crippen LogP contribution < -0.4 is 0 Å². The number of benzene rings is 1. The second-order valence-corrected chi connectivity index (χ2v) is 6.98. The van der Waals surface area contributed by atoms with Gasteiger partial charge in [0.15, 0.2) is 0 Å². The maximum atomic E-state index is 10.4. The molecular weight excluding hydrogens is 364 g/mol. The summed E-state index contributed by atoms with van der Waals surface area (Å²) in [4.78, 5) is 0. The number of phenolic OH excluding ortho intramolecular Hbond substituents is 2. The van der Waals surface area contributed by atoms with Crippen molar-refractivity contribution in [2.24, 2.45) is 0 Å². The minimum absolute atomic E-state index is 0.0845. The van der Waals surface area contributed by atoms with Crippen LogP contribution in [-0.4, -0.2) is 61.7 Å². The number of phenols is 2. The van der Waals surface area contributed by atoms with E-state index in [0.717, 1.165) is 19.3 Å². The van der Waals surface area contributed by atoms with Crippen molar-refractivity contribution in [2.45, 2.75) is 63.1 Å². The van der Waals surface area contributed by atoms with E-state index in [9.17, 15) is 30.6 Å². The quantitative estimate of drug-likeness (QED) is 0.368. The van der Waals surface area contributed by atoms with Crippen LogP contribution in [0.5, 0.6) is 11.5 Å². The van der Waals surface area contributed by atoms with Gasteiger partial charge in [0.05, 0.1) is 12.2 Å². The fourth-order valence-corrected chi connectivity index (χ4v) is 3.22. The Bertz CT molecular complexity index is 660. The fraction of sp³-hybridized carbons (Fsp3) is 0.524. The molecule has 1 aromatic rings. The number of rotatable bonds is 8. The third kappa shape index (κ3) is 5.33. The minimum atomic E-state index is -1.58. The number of allylic oxidation sites excluding steroid dienone is 4. The number of aliphatic hydroxyl groups excluding tert-OH is 4. The maximum Gasteiger partial charge on any atom is 0.125 e. The van der Waals surface area contributed by atoms with Crippen LogP contribution >= 0.6 is 0 Å². The lowest BCUT2D eigenvalue weighted by Crippen LogP contribution is -2.55. The predicted octanol–water partition coefficient (Wildman–Crippen LogP) is 1.46. The first-order valence-electron chi connectivity index (χ1n) is 9.57. The van der Waals surface area contributed by atoms with Crippen molar-refractivity contribution < 1.29 is 35.4 Å². The molecule has 1 aromatic carbocycles. The van der Waals surface area contributed by atoms with Gasteiger partial charge in [0.1, 0.15) is 42.0 Å². The number of unbranched alkanes of at least 4 members (excludes halogenated alkanes) is 1. The van der Waals surface area contributed by atoms with E-state index in [0.29, 0.717) is 12.0 Å². The van der Waals surface area contributed by atoms with Crippen LogP contribution in [0, 0.1) is 0 Å². The maximum absolute atomic E-state index is 10.4. The van der Waals surface area contributed by atoms with Crippen molar-refractivity contribution in [3.63, 3.8) is 0 Å². The van der Waals surface area contributed by atoms with Crippen LogP contribution in [0.1, 0.15) is 43.4 Å². The lowest BCUT2D eigenvalue weighted by Gasteiger charge is -2.40. The monoisotopic (exact) mass is 394 g/mol. The molecule has 0 radical (unpaired) electrons. The topological polar surface area (TPSA) is 131 Å². The zero-order valence-corrected chi connectivity index (χ0v) is 16.0. The Hall–Kier alpha value is -1.90. The van der Waals surface area contributed by atoms with Crippen molar-refractivity contribution in [2.75, 3.05) is 6.61 Å². The van der Waals surface area contributed by atoms with Crippen LogP contribution in [0.2, 0.25) is 0 Å². The molecule has 0 aromatic heterocycles.